The zero-order valence-corrected chi connectivity index (χ0v) is 16.6. The van der Waals surface area contributed by atoms with E-state index in [0.717, 1.165) is 11.4 Å². The minimum Gasteiger partial charge on any atom is -0.497 e. The summed E-state index contributed by atoms with van der Waals surface area (Å²) in [4.78, 5) is 4.19. The quantitative estimate of drug-likeness (QED) is 0.361. The van der Waals surface area contributed by atoms with Crippen LogP contribution in [0.4, 0.5) is 5.69 Å². The third kappa shape index (κ3) is 5.54. The molecular formula is C17H21ClIN3O2. The van der Waals surface area contributed by atoms with Gasteiger partial charge in [-0.3, -0.25) is 0 Å². The van der Waals surface area contributed by atoms with E-state index in [0.29, 0.717) is 10.6 Å². The number of nitrogens with zero attached hydrogens (tertiary/aromatic N) is 1. The second-order valence-electron chi connectivity index (χ2n) is 5.31. The lowest BCUT2D eigenvalue weighted by Crippen LogP contribution is -2.29. The summed E-state index contributed by atoms with van der Waals surface area (Å²) in [6.45, 7) is 1.74. The second-order valence-corrected chi connectivity index (χ2v) is 5.72. The molecule has 0 aliphatic carbocycles. The molecule has 0 spiro atoms. The molecule has 130 valence electrons. The third-order valence-electron chi connectivity index (χ3n) is 3.37. The molecule has 1 unspecified atom stereocenters. The van der Waals surface area contributed by atoms with Gasteiger partial charge < -0.3 is 20.9 Å². The van der Waals surface area contributed by atoms with E-state index in [1.54, 1.807) is 26.2 Å². The Balaban J connectivity index is 0.00000288. The van der Waals surface area contributed by atoms with Crippen molar-refractivity contribution in [3.05, 3.63) is 59.1 Å². The molecule has 0 aromatic heterocycles. The van der Waals surface area contributed by atoms with Gasteiger partial charge in [-0.1, -0.05) is 29.8 Å². The number of benzene rings is 2. The fourth-order valence-corrected chi connectivity index (χ4v) is 2.42. The van der Waals surface area contributed by atoms with E-state index < -0.39 is 5.60 Å². The van der Waals surface area contributed by atoms with Gasteiger partial charge in [-0.05, 0) is 37.3 Å². The van der Waals surface area contributed by atoms with Crippen molar-refractivity contribution in [1.82, 2.24) is 0 Å². The summed E-state index contributed by atoms with van der Waals surface area (Å²) in [6.07, 6.45) is 0. The summed E-state index contributed by atoms with van der Waals surface area (Å²) >= 11 is 6.12. The fraction of sp³-hybridized carbons (Fsp3) is 0.235. The molecule has 0 aliphatic rings. The van der Waals surface area contributed by atoms with Gasteiger partial charge in [0.25, 0.3) is 0 Å². The van der Waals surface area contributed by atoms with Crippen LogP contribution in [-0.4, -0.2) is 24.7 Å². The highest BCUT2D eigenvalue weighted by molar-refractivity contribution is 14.0. The summed E-state index contributed by atoms with van der Waals surface area (Å²) < 4.78 is 5.09. The number of hydrogen-bond acceptors (Lipinski definition) is 3. The molecule has 0 aliphatic heterocycles. The Morgan fingerprint density at radius 1 is 1.25 bits per heavy atom. The first-order valence-electron chi connectivity index (χ1n) is 7.11. The zero-order valence-electron chi connectivity index (χ0n) is 13.5. The van der Waals surface area contributed by atoms with E-state index in [9.17, 15) is 5.11 Å². The minimum atomic E-state index is -1.20. The predicted octanol–water partition coefficient (Wildman–Crippen LogP) is 3.60. The predicted molar refractivity (Wildman–Crippen MR) is 110 cm³/mol. The van der Waals surface area contributed by atoms with Crippen LogP contribution in [0.3, 0.4) is 0 Å². The summed E-state index contributed by atoms with van der Waals surface area (Å²) in [5.74, 6) is 0.968. The molecule has 0 saturated carbocycles. The average Bonchev–Trinajstić information content (AvgIpc) is 2.54. The van der Waals surface area contributed by atoms with Crippen molar-refractivity contribution in [2.75, 3.05) is 19.0 Å². The number of rotatable bonds is 5. The van der Waals surface area contributed by atoms with Crippen LogP contribution in [0.15, 0.2) is 53.5 Å². The highest BCUT2D eigenvalue weighted by Gasteiger charge is 2.25. The van der Waals surface area contributed by atoms with Gasteiger partial charge in [0.05, 0.1) is 13.7 Å². The molecule has 0 amide bonds. The SMILES string of the molecule is COc1ccc(NC(N)=NCC(C)(O)c2ccccc2Cl)cc1.I. The molecule has 2 rings (SSSR count). The highest BCUT2D eigenvalue weighted by atomic mass is 127. The van der Waals surface area contributed by atoms with Crippen LogP contribution in [0, 0.1) is 0 Å². The molecular weight excluding hydrogens is 441 g/mol. The molecule has 0 heterocycles. The monoisotopic (exact) mass is 461 g/mol. The Labute approximate surface area is 163 Å². The van der Waals surface area contributed by atoms with E-state index in [4.69, 9.17) is 22.1 Å². The van der Waals surface area contributed by atoms with Crippen LogP contribution in [0.5, 0.6) is 5.75 Å². The van der Waals surface area contributed by atoms with Crippen LogP contribution in [0.1, 0.15) is 12.5 Å². The van der Waals surface area contributed by atoms with E-state index in [1.165, 1.54) is 0 Å². The van der Waals surface area contributed by atoms with E-state index in [1.807, 2.05) is 36.4 Å². The maximum atomic E-state index is 10.6. The molecule has 0 bridgehead atoms. The minimum absolute atomic E-state index is 0. The van der Waals surface area contributed by atoms with Crippen LogP contribution in [0.2, 0.25) is 5.02 Å². The summed E-state index contributed by atoms with van der Waals surface area (Å²) in [6, 6.07) is 14.4. The number of anilines is 1. The van der Waals surface area contributed by atoms with Gasteiger partial charge in [0, 0.05) is 16.3 Å². The maximum Gasteiger partial charge on any atom is 0.193 e. The van der Waals surface area contributed by atoms with Crippen LogP contribution in [0.25, 0.3) is 0 Å². The number of nitrogens with two attached hydrogens (primary N) is 1. The number of aliphatic hydroxyl groups is 1. The molecule has 2 aromatic rings. The molecule has 5 nitrogen and oxygen atoms in total. The average molecular weight is 462 g/mol. The van der Waals surface area contributed by atoms with Gasteiger partial charge in [-0.25, -0.2) is 4.99 Å². The van der Waals surface area contributed by atoms with Crippen LogP contribution in [-0.2, 0) is 5.60 Å². The van der Waals surface area contributed by atoms with Crippen LogP contribution < -0.4 is 15.8 Å². The Hall–Kier alpha value is -1.51. The van der Waals surface area contributed by atoms with Crippen LogP contribution >= 0.6 is 35.6 Å². The van der Waals surface area contributed by atoms with E-state index >= 15 is 0 Å². The molecule has 1 atom stereocenters. The maximum absolute atomic E-state index is 10.6. The molecule has 7 heteroatoms. The second kappa shape index (κ2) is 9.10. The van der Waals surface area contributed by atoms with Gasteiger partial charge in [0.2, 0.25) is 0 Å². The topological polar surface area (TPSA) is 79.9 Å². The number of methoxy groups -OCH3 is 1. The van der Waals surface area contributed by atoms with Crippen molar-refractivity contribution in [3.8, 4) is 5.75 Å². The molecule has 4 N–H and O–H groups in total. The lowest BCUT2D eigenvalue weighted by molar-refractivity contribution is 0.0675. The summed E-state index contributed by atoms with van der Waals surface area (Å²) in [5.41, 5.74) is 6.05. The first-order chi connectivity index (χ1) is 10.9. The Morgan fingerprint density at radius 3 is 2.46 bits per heavy atom. The molecule has 2 aromatic carbocycles. The summed E-state index contributed by atoms with van der Waals surface area (Å²) in [7, 11) is 1.61. The molecule has 0 fully saturated rings. The number of aliphatic imine (C=N–C) groups is 1. The van der Waals surface area contributed by atoms with Crippen molar-refractivity contribution in [3.63, 3.8) is 0 Å². The van der Waals surface area contributed by atoms with Crippen molar-refractivity contribution < 1.29 is 9.84 Å². The number of ether oxygens (including phenoxy) is 1. The Morgan fingerprint density at radius 2 is 1.88 bits per heavy atom. The zero-order chi connectivity index (χ0) is 16.9. The first kappa shape index (κ1) is 20.5. The van der Waals surface area contributed by atoms with Crippen molar-refractivity contribution in [2.45, 2.75) is 12.5 Å². The Bertz CT molecular complexity index is 690. The number of halogens is 2. The smallest absolute Gasteiger partial charge is 0.193 e. The lowest BCUT2D eigenvalue weighted by Gasteiger charge is -2.23. The number of hydrogen-bond donors (Lipinski definition) is 3. The van der Waals surface area contributed by atoms with Gasteiger partial charge in [0.1, 0.15) is 11.4 Å². The third-order valence-corrected chi connectivity index (χ3v) is 3.70. The normalized spacial score (nSPS) is 13.6. The van der Waals surface area contributed by atoms with Gasteiger partial charge in [0.15, 0.2) is 5.96 Å². The van der Waals surface area contributed by atoms with E-state index in [-0.39, 0.29) is 36.5 Å². The summed E-state index contributed by atoms with van der Waals surface area (Å²) in [5, 5.41) is 14.0. The van der Waals surface area contributed by atoms with E-state index in [2.05, 4.69) is 10.3 Å². The Kier molecular flexibility index (Phi) is 7.78. The highest BCUT2D eigenvalue weighted by Crippen LogP contribution is 2.28. The molecule has 24 heavy (non-hydrogen) atoms. The number of nitrogens with one attached hydrogen (secondary N) is 1. The first-order valence-corrected chi connectivity index (χ1v) is 7.48. The van der Waals surface area contributed by atoms with Gasteiger partial charge in [-0.15, -0.1) is 24.0 Å². The van der Waals surface area contributed by atoms with Gasteiger partial charge in [-0.2, -0.15) is 0 Å². The van der Waals surface area contributed by atoms with Gasteiger partial charge >= 0.3 is 0 Å². The number of guanidine groups is 1. The fourth-order valence-electron chi connectivity index (χ4n) is 2.08. The van der Waals surface area contributed by atoms with Crippen molar-refractivity contribution in [1.29, 1.82) is 0 Å². The lowest BCUT2D eigenvalue weighted by atomic mass is 9.96. The van der Waals surface area contributed by atoms with Crippen molar-refractivity contribution >= 4 is 47.2 Å². The van der Waals surface area contributed by atoms with Crippen molar-refractivity contribution in [2.24, 2.45) is 10.7 Å². The molecule has 0 saturated heterocycles. The molecule has 0 radical (unpaired) electrons. The standard InChI is InChI=1S/C17H20ClN3O2.HI/c1-17(22,14-5-3-4-6-15(14)18)11-20-16(19)21-12-7-9-13(23-2)10-8-12;/h3-10,22H,11H2,1-2H3,(H3,19,20,21);1H. The largest absolute Gasteiger partial charge is 0.497 e.